The molecular weight excluding hydrogens is 244 g/mol. The molecular formula is C13H28N4O2. The third kappa shape index (κ3) is 4.63. The number of rotatable bonds is 7. The van der Waals surface area contributed by atoms with Crippen molar-refractivity contribution in [3.8, 4) is 0 Å². The molecule has 1 rings (SSSR count). The highest BCUT2D eigenvalue weighted by atomic mass is 16.5. The molecule has 112 valence electrons. The summed E-state index contributed by atoms with van der Waals surface area (Å²) in [6.45, 7) is 12.6. The van der Waals surface area contributed by atoms with Crippen LogP contribution in [0.3, 0.4) is 0 Å². The molecule has 0 aliphatic carbocycles. The second-order valence-electron chi connectivity index (χ2n) is 5.49. The van der Waals surface area contributed by atoms with E-state index in [2.05, 4.69) is 21.9 Å². The number of piperazine rings is 1. The van der Waals surface area contributed by atoms with E-state index < -0.39 is 0 Å². The monoisotopic (exact) mass is 272 g/mol. The molecule has 6 nitrogen and oxygen atoms in total. The van der Waals surface area contributed by atoms with E-state index in [0.29, 0.717) is 0 Å². The van der Waals surface area contributed by atoms with Crippen LogP contribution >= 0.6 is 0 Å². The van der Waals surface area contributed by atoms with E-state index in [1.54, 1.807) is 0 Å². The SMILES string of the molecule is CCCOCCN1CCN(C(C)(C)C(N)=NO)CC1. The van der Waals surface area contributed by atoms with E-state index in [1.807, 2.05) is 13.8 Å². The number of ether oxygens (including phenoxy) is 1. The quantitative estimate of drug-likeness (QED) is 0.233. The third-order valence-corrected chi connectivity index (χ3v) is 3.80. The van der Waals surface area contributed by atoms with Crippen LogP contribution in [0.5, 0.6) is 0 Å². The number of hydrogen-bond donors (Lipinski definition) is 2. The lowest BCUT2D eigenvalue weighted by molar-refractivity contribution is 0.0545. The first-order chi connectivity index (χ1) is 9.02. The summed E-state index contributed by atoms with van der Waals surface area (Å²) in [6, 6.07) is 0. The van der Waals surface area contributed by atoms with Crippen molar-refractivity contribution in [3.63, 3.8) is 0 Å². The molecule has 1 aliphatic heterocycles. The fourth-order valence-electron chi connectivity index (χ4n) is 2.25. The van der Waals surface area contributed by atoms with Crippen LogP contribution < -0.4 is 5.73 Å². The summed E-state index contributed by atoms with van der Waals surface area (Å²) >= 11 is 0. The Balaban J connectivity index is 2.32. The van der Waals surface area contributed by atoms with Crippen LogP contribution in [0.25, 0.3) is 0 Å². The van der Waals surface area contributed by atoms with Gasteiger partial charge >= 0.3 is 0 Å². The molecule has 6 heteroatoms. The van der Waals surface area contributed by atoms with Gasteiger partial charge in [0.2, 0.25) is 0 Å². The summed E-state index contributed by atoms with van der Waals surface area (Å²) in [6.07, 6.45) is 1.07. The van der Waals surface area contributed by atoms with Crippen molar-refractivity contribution in [1.82, 2.24) is 9.80 Å². The molecule has 1 aliphatic rings. The Morgan fingerprint density at radius 3 is 2.42 bits per heavy atom. The molecule has 1 fully saturated rings. The van der Waals surface area contributed by atoms with Gasteiger partial charge in [0.25, 0.3) is 0 Å². The third-order valence-electron chi connectivity index (χ3n) is 3.80. The topological polar surface area (TPSA) is 74.3 Å². The van der Waals surface area contributed by atoms with E-state index in [-0.39, 0.29) is 11.4 Å². The Hall–Kier alpha value is -0.850. The van der Waals surface area contributed by atoms with Crippen LogP contribution in [-0.4, -0.2) is 72.3 Å². The zero-order valence-electron chi connectivity index (χ0n) is 12.4. The molecule has 0 aromatic carbocycles. The lowest BCUT2D eigenvalue weighted by Crippen LogP contribution is -2.59. The second-order valence-corrected chi connectivity index (χ2v) is 5.49. The normalized spacial score (nSPS) is 19.8. The van der Waals surface area contributed by atoms with Gasteiger partial charge in [0.15, 0.2) is 5.84 Å². The largest absolute Gasteiger partial charge is 0.409 e. The van der Waals surface area contributed by atoms with Crippen LogP contribution in [0.1, 0.15) is 27.2 Å². The molecule has 0 aromatic rings. The van der Waals surface area contributed by atoms with Crippen molar-refractivity contribution < 1.29 is 9.94 Å². The van der Waals surface area contributed by atoms with Gasteiger partial charge in [0.1, 0.15) is 0 Å². The van der Waals surface area contributed by atoms with Crippen molar-refractivity contribution in [3.05, 3.63) is 0 Å². The standard InChI is InChI=1S/C13H28N4O2/c1-4-10-19-11-9-16-5-7-17(8-6-16)13(2,3)12(14)15-18/h18H,4-11H2,1-3H3,(H2,14,15). The second kappa shape index (κ2) is 7.67. The highest BCUT2D eigenvalue weighted by Gasteiger charge is 2.33. The average molecular weight is 272 g/mol. The Kier molecular flexibility index (Phi) is 6.54. The van der Waals surface area contributed by atoms with Gasteiger partial charge in [-0.15, -0.1) is 0 Å². The molecule has 0 unspecified atom stereocenters. The van der Waals surface area contributed by atoms with Gasteiger partial charge in [-0.3, -0.25) is 9.80 Å². The average Bonchev–Trinajstić information content (AvgIpc) is 2.43. The number of nitrogens with zero attached hydrogens (tertiary/aromatic N) is 3. The van der Waals surface area contributed by atoms with Crippen molar-refractivity contribution in [2.24, 2.45) is 10.9 Å². The predicted octanol–water partition coefficient (Wildman–Crippen LogP) is 0.556. The minimum atomic E-state index is -0.389. The summed E-state index contributed by atoms with van der Waals surface area (Å²) in [7, 11) is 0. The summed E-state index contributed by atoms with van der Waals surface area (Å²) in [4.78, 5) is 4.65. The minimum absolute atomic E-state index is 0.271. The highest BCUT2D eigenvalue weighted by Crippen LogP contribution is 2.17. The highest BCUT2D eigenvalue weighted by molar-refractivity contribution is 5.88. The van der Waals surface area contributed by atoms with Gasteiger partial charge in [-0.25, -0.2) is 0 Å². The van der Waals surface area contributed by atoms with Gasteiger partial charge < -0.3 is 15.7 Å². The van der Waals surface area contributed by atoms with Gasteiger partial charge in [0, 0.05) is 39.3 Å². The molecule has 1 heterocycles. The van der Waals surface area contributed by atoms with E-state index >= 15 is 0 Å². The van der Waals surface area contributed by atoms with Gasteiger partial charge in [-0.05, 0) is 20.3 Å². The van der Waals surface area contributed by atoms with Crippen LogP contribution in [0.15, 0.2) is 5.16 Å². The molecule has 0 atom stereocenters. The molecule has 0 radical (unpaired) electrons. The molecule has 19 heavy (non-hydrogen) atoms. The Labute approximate surface area is 116 Å². The van der Waals surface area contributed by atoms with E-state index in [4.69, 9.17) is 15.7 Å². The fraction of sp³-hybridized carbons (Fsp3) is 0.923. The van der Waals surface area contributed by atoms with Crippen LogP contribution in [0.2, 0.25) is 0 Å². The maximum absolute atomic E-state index is 8.83. The van der Waals surface area contributed by atoms with Gasteiger partial charge in [0.05, 0.1) is 12.1 Å². The van der Waals surface area contributed by atoms with Crippen LogP contribution in [-0.2, 0) is 4.74 Å². The first kappa shape index (κ1) is 16.2. The molecule has 0 spiro atoms. The first-order valence-electron chi connectivity index (χ1n) is 7.05. The Morgan fingerprint density at radius 2 is 1.89 bits per heavy atom. The van der Waals surface area contributed by atoms with Gasteiger partial charge in [-0.2, -0.15) is 0 Å². The molecule has 1 saturated heterocycles. The molecule has 0 saturated carbocycles. The van der Waals surface area contributed by atoms with E-state index in [9.17, 15) is 0 Å². The van der Waals surface area contributed by atoms with Crippen molar-refractivity contribution in [1.29, 1.82) is 0 Å². The summed E-state index contributed by atoms with van der Waals surface area (Å²) in [5.74, 6) is 0.271. The zero-order valence-corrected chi connectivity index (χ0v) is 12.4. The first-order valence-corrected chi connectivity index (χ1v) is 7.05. The summed E-state index contributed by atoms with van der Waals surface area (Å²) in [5, 5.41) is 12.0. The van der Waals surface area contributed by atoms with E-state index in [1.165, 1.54) is 0 Å². The molecule has 0 bridgehead atoms. The predicted molar refractivity (Wildman–Crippen MR) is 76.6 cm³/mol. The smallest absolute Gasteiger partial charge is 0.159 e. The van der Waals surface area contributed by atoms with Crippen LogP contribution in [0.4, 0.5) is 0 Å². The zero-order chi connectivity index (χ0) is 14.3. The number of oxime groups is 1. The lowest BCUT2D eigenvalue weighted by Gasteiger charge is -2.43. The fourth-order valence-corrected chi connectivity index (χ4v) is 2.25. The van der Waals surface area contributed by atoms with Crippen molar-refractivity contribution in [2.75, 3.05) is 45.9 Å². The lowest BCUT2D eigenvalue weighted by atomic mass is 10.0. The number of nitrogens with two attached hydrogens (primary N) is 1. The minimum Gasteiger partial charge on any atom is -0.409 e. The van der Waals surface area contributed by atoms with Crippen LogP contribution in [0, 0.1) is 0 Å². The summed E-state index contributed by atoms with van der Waals surface area (Å²) in [5.41, 5.74) is 5.37. The molecule has 3 N–H and O–H groups in total. The summed E-state index contributed by atoms with van der Waals surface area (Å²) < 4.78 is 5.51. The van der Waals surface area contributed by atoms with E-state index in [0.717, 1.165) is 52.4 Å². The van der Waals surface area contributed by atoms with Gasteiger partial charge in [-0.1, -0.05) is 12.1 Å². The number of amidine groups is 1. The maximum Gasteiger partial charge on any atom is 0.159 e. The number of hydrogen-bond acceptors (Lipinski definition) is 5. The molecule has 0 aromatic heterocycles. The van der Waals surface area contributed by atoms with Crippen molar-refractivity contribution >= 4 is 5.84 Å². The molecule has 0 amide bonds. The Bertz CT molecular complexity index is 286. The Morgan fingerprint density at radius 1 is 1.26 bits per heavy atom. The maximum atomic E-state index is 8.83. The van der Waals surface area contributed by atoms with Crippen molar-refractivity contribution in [2.45, 2.75) is 32.7 Å².